The molecular weight excluding hydrogens is 294 g/mol. The summed E-state index contributed by atoms with van der Waals surface area (Å²) in [6.07, 6.45) is 2.03. The van der Waals surface area contributed by atoms with Crippen molar-refractivity contribution >= 4 is 15.9 Å². The Hall–Kier alpha value is -0.390. The smallest absolute Gasteiger partial charge is 0.115 e. The molecule has 18 heavy (non-hydrogen) atoms. The molecule has 0 aliphatic heterocycles. The number of hydrogen-bond donors (Lipinski definition) is 1. The minimum Gasteiger partial charge on any atom is -0.385 e. The lowest BCUT2D eigenvalue weighted by atomic mass is 9.88. The summed E-state index contributed by atoms with van der Waals surface area (Å²) in [7, 11) is 3.99. The second-order valence-corrected chi connectivity index (χ2v) is 6.28. The Morgan fingerprint density at radius 3 is 2.44 bits per heavy atom. The number of halogens is 1. The van der Waals surface area contributed by atoms with E-state index in [4.69, 9.17) is 0 Å². The number of hydrogen-bond acceptors (Lipinski definition) is 3. The van der Waals surface area contributed by atoms with E-state index in [1.165, 1.54) is 0 Å². The highest BCUT2D eigenvalue weighted by Gasteiger charge is 2.38. The van der Waals surface area contributed by atoms with Crippen LogP contribution in [0.5, 0.6) is 0 Å². The Kier molecular flexibility index (Phi) is 4.98. The molecule has 1 heterocycles. The molecule has 0 amide bonds. The van der Waals surface area contributed by atoms with Crippen LogP contribution in [0.15, 0.2) is 10.7 Å². The third-order valence-corrected chi connectivity index (χ3v) is 4.47. The van der Waals surface area contributed by atoms with Gasteiger partial charge in [0.25, 0.3) is 0 Å². The fraction of sp³-hybridized carbons (Fsp3) is 0.769. The van der Waals surface area contributed by atoms with Crippen LogP contribution in [0.25, 0.3) is 0 Å². The van der Waals surface area contributed by atoms with E-state index in [1.807, 2.05) is 18.8 Å². The topological polar surface area (TPSA) is 41.3 Å². The zero-order chi connectivity index (χ0) is 14.1. The summed E-state index contributed by atoms with van der Waals surface area (Å²) >= 11 is 3.49. The van der Waals surface area contributed by atoms with Crippen molar-refractivity contribution in [2.75, 3.05) is 14.1 Å². The van der Waals surface area contributed by atoms with Gasteiger partial charge in [-0.3, -0.25) is 4.68 Å². The van der Waals surface area contributed by atoms with Gasteiger partial charge in [0.15, 0.2) is 0 Å². The molecule has 1 N–H and O–H groups in total. The Morgan fingerprint density at radius 2 is 2.06 bits per heavy atom. The zero-order valence-corrected chi connectivity index (χ0v) is 13.7. The van der Waals surface area contributed by atoms with Gasteiger partial charge in [-0.25, -0.2) is 0 Å². The molecule has 0 aliphatic carbocycles. The molecule has 0 aliphatic rings. The number of aromatic nitrogens is 2. The van der Waals surface area contributed by atoms with Crippen molar-refractivity contribution < 1.29 is 5.11 Å². The first-order valence-corrected chi connectivity index (χ1v) is 7.13. The van der Waals surface area contributed by atoms with E-state index >= 15 is 0 Å². The number of rotatable bonds is 5. The average molecular weight is 318 g/mol. The molecule has 1 aromatic rings. The molecule has 4 nitrogen and oxygen atoms in total. The molecule has 5 heteroatoms. The Morgan fingerprint density at radius 1 is 1.50 bits per heavy atom. The van der Waals surface area contributed by atoms with Crippen LogP contribution in [-0.2, 0) is 0 Å². The monoisotopic (exact) mass is 317 g/mol. The van der Waals surface area contributed by atoms with Gasteiger partial charge in [-0.1, -0.05) is 6.92 Å². The summed E-state index contributed by atoms with van der Waals surface area (Å²) in [5.41, 5.74) is 0.540. The molecule has 1 aromatic heterocycles. The molecule has 0 fully saturated rings. The molecule has 0 saturated carbocycles. The predicted molar refractivity (Wildman–Crippen MR) is 77.7 cm³/mol. The van der Waals surface area contributed by atoms with E-state index in [1.54, 1.807) is 6.20 Å². The molecule has 2 atom stereocenters. The largest absolute Gasteiger partial charge is 0.385 e. The van der Waals surface area contributed by atoms with Gasteiger partial charge in [0.2, 0.25) is 0 Å². The third kappa shape index (κ3) is 2.63. The fourth-order valence-corrected chi connectivity index (χ4v) is 2.56. The number of aliphatic hydroxyl groups is 1. The van der Waals surface area contributed by atoms with E-state index in [-0.39, 0.29) is 11.6 Å². The maximum absolute atomic E-state index is 10.8. The normalized spacial score (nSPS) is 17.2. The van der Waals surface area contributed by atoms with Crippen LogP contribution >= 0.6 is 15.9 Å². The first kappa shape index (κ1) is 15.7. The number of likely N-dealkylation sites (N-methyl/N-ethyl adjacent to an activating group) is 1. The minimum absolute atomic E-state index is 0.226. The second-order valence-electron chi connectivity index (χ2n) is 5.42. The molecule has 1 rings (SSSR count). The summed E-state index contributed by atoms with van der Waals surface area (Å²) in [4.78, 5) is 2.07. The lowest BCUT2D eigenvalue weighted by molar-refractivity contribution is -0.00547. The van der Waals surface area contributed by atoms with Gasteiger partial charge in [0.05, 0.1) is 16.4 Å². The van der Waals surface area contributed by atoms with Gasteiger partial charge >= 0.3 is 0 Å². The minimum atomic E-state index is -0.586. The first-order valence-electron chi connectivity index (χ1n) is 6.34. The summed E-state index contributed by atoms with van der Waals surface area (Å²) in [6, 6.07) is 0.226. The van der Waals surface area contributed by atoms with Gasteiger partial charge in [-0.15, -0.1) is 0 Å². The van der Waals surface area contributed by atoms with Crippen LogP contribution < -0.4 is 0 Å². The third-order valence-electron chi connectivity index (χ3n) is 3.86. The van der Waals surface area contributed by atoms with Gasteiger partial charge in [0.1, 0.15) is 6.10 Å². The van der Waals surface area contributed by atoms with Crippen LogP contribution in [0.1, 0.15) is 52.0 Å². The summed E-state index contributed by atoms with van der Waals surface area (Å²) in [5, 5.41) is 15.1. The van der Waals surface area contributed by atoms with Crippen molar-refractivity contribution in [1.29, 1.82) is 0 Å². The summed E-state index contributed by atoms with van der Waals surface area (Å²) in [5.74, 6) is 0. The molecular formula is C13H24BrN3O. The van der Waals surface area contributed by atoms with Crippen molar-refractivity contribution in [2.45, 2.75) is 51.8 Å². The Bertz CT molecular complexity index is 403. The Balaban J connectivity index is 3.25. The fourth-order valence-electron chi connectivity index (χ4n) is 2.07. The van der Waals surface area contributed by atoms with Crippen molar-refractivity contribution in [2.24, 2.45) is 0 Å². The van der Waals surface area contributed by atoms with Crippen molar-refractivity contribution in [3.05, 3.63) is 16.4 Å². The zero-order valence-electron chi connectivity index (χ0n) is 12.1. The first-order chi connectivity index (χ1) is 8.25. The van der Waals surface area contributed by atoms with Gasteiger partial charge in [0, 0.05) is 11.6 Å². The number of aliphatic hydroxyl groups excluding tert-OH is 1. The van der Waals surface area contributed by atoms with E-state index < -0.39 is 6.10 Å². The maximum atomic E-state index is 10.8. The van der Waals surface area contributed by atoms with Crippen molar-refractivity contribution in [3.8, 4) is 0 Å². The standard InChI is InChI=1S/C13H24BrN3O/c1-7-13(4,16(5)6)12(18)11-10(14)8-15-17(11)9(2)3/h8-9,12,18H,7H2,1-6H3. The molecule has 0 aromatic carbocycles. The average Bonchev–Trinajstić information content (AvgIpc) is 2.68. The van der Waals surface area contributed by atoms with Crippen LogP contribution in [0.4, 0.5) is 0 Å². The highest BCUT2D eigenvalue weighted by Crippen LogP contribution is 2.36. The lowest BCUT2D eigenvalue weighted by Gasteiger charge is -2.40. The predicted octanol–water partition coefficient (Wildman–Crippen LogP) is 2.99. The summed E-state index contributed by atoms with van der Waals surface area (Å²) in [6.45, 7) is 8.29. The summed E-state index contributed by atoms with van der Waals surface area (Å²) < 4.78 is 2.75. The van der Waals surface area contributed by atoms with Crippen LogP contribution in [0, 0.1) is 0 Å². The second kappa shape index (κ2) is 5.72. The van der Waals surface area contributed by atoms with Crippen LogP contribution in [0.3, 0.4) is 0 Å². The van der Waals surface area contributed by atoms with E-state index in [0.717, 1.165) is 16.6 Å². The van der Waals surface area contributed by atoms with E-state index in [9.17, 15) is 5.11 Å². The van der Waals surface area contributed by atoms with E-state index in [0.29, 0.717) is 0 Å². The van der Waals surface area contributed by atoms with Crippen molar-refractivity contribution in [3.63, 3.8) is 0 Å². The SMILES string of the molecule is CCC(C)(C(O)c1c(Br)cnn1C(C)C)N(C)C. The quantitative estimate of drug-likeness (QED) is 0.907. The molecule has 104 valence electrons. The van der Waals surface area contributed by atoms with Crippen LogP contribution in [0.2, 0.25) is 0 Å². The highest BCUT2D eigenvalue weighted by molar-refractivity contribution is 9.10. The highest BCUT2D eigenvalue weighted by atomic mass is 79.9. The Labute approximate surface area is 118 Å². The number of nitrogens with zero attached hydrogens (tertiary/aromatic N) is 3. The molecule has 0 saturated heterocycles. The maximum Gasteiger partial charge on any atom is 0.115 e. The molecule has 0 radical (unpaired) electrons. The lowest BCUT2D eigenvalue weighted by Crippen LogP contribution is -2.46. The molecule has 2 unspecified atom stereocenters. The van der Waals surface area contributed by atoms with Crippen molar-refractivity contribution in [1.82, 2.24) is 14.7 Å². The molecule has 0 spiro atoms. The van der Waals surface area contributed by atoms with Gasteiger partial charge < -0.3 is 10.0 Å². The van der Waals surface area contributed by atoms with Gasteiger partial charge in [-0.05, 0) is 57.2 Å². The van der Waals surface area contributed by atoms with E-state index in [2.05, 4.69) is 53.6 Å². The van der Waals surface area contributed by atoms with Crippen LogP contribution in [-0.4, -0.2) is 39.4 Å². The molecule has 0 bridgehead atoms. The van der Waals surface area contributed by atoms with Gasteiger partial charge in [-0.2, -0.15) is 5.10 Å².